The molecule has 0 bridgehead atoms. The lowest BCUT2D eigenvalue weighted by Crippen LogP contribution is -2.40. The van der Waals surface area contributed by atoms with Crippen molar-refractivity contribution in [1.29, 1.82) is 0 Å². The quantitative estimate of drug-likeness (QED) is 0.356. The third-order valence-electron chi connectivity index (χ3n) is 6.15. The summed E-state index contributed by atoms with van der Waals surface area (Å²) in [5, 5.41) is 0. The zero-order valence-electron chi connectivity index (χ0n) is 21.8. The van der Waals surface area contributed by atoms with Gasteiger partial charge in [0.2, 0.25) is 10.0 Å². The van der Waals surface area contributed by atoms with E-state index in [0.29, 0.717) is 34.4 Å². The van der Waals surface area contributed by atoms with Crippen LogP contribution in [-0.2, 0) is 35.6 Å². The van der Waals surface area contributed by atoms with Crippen LogP contribution in [0.25, 0.3) is 10.2 Å². The van der Waals surface area contributed by atoms with Gasteiger partial charge in [-0.1, -0.05) is 11.3 Å². The first-order valence-electron chi connectivity index (χ1n) is 12.4. The molecule has 2 heterocycles. The third kappa shape index (κ3) is 6.05. The molecule has 1 fully saturated rings. The number of nitrogens with zero attached hydrogens (tertiary/aromatic N) is 3. The van der Waals surface area contributed by atoms with Gasteiger partial charge in [0.1, 0.15) is 18.3 Å². The van der Waals surface area contributed by atoms with Crippen molar-refractivity contribution in [3.05, 3.63) is 52.8 Å². The van der Waals surface area contributed by atoms with Crippen molar-refractivity contribution in [1.82, 2.24) is 8.87 Å². The fraction of sp³-hybridized carbons (Fsp3) is 0.385. The Kier molecular flexibility index (Phi) is 8.83. The van der Waals surface area contributed by atoms with Crippen LogP contribution in [0, 0.1) is 0 Å². The molecule has 0 saturated carbocycles. The number of amides is 1. The second kappa shape index (κ2) is 12.1. The molecule has 1 atom stereocenters. The molecule has 11 nitrogen and oxygen atoms in total. The monoisotopic (exact) mass is 575 g/mol. The van der Waals surface area contributed by atoms with E-state index >= 15 is 0 Å². The van der Waals surface area contributed by atoms with E-state index in [9.17, 15) is 22.8 Å². The number of rotatable bonds is 9. The van der Waals surface area contributed by atoms with Crippen molar-refractivity contribution < 1.29 is 37.0 Å². The van der Waals surface area contributed by atoms with Gasteiger partial charge in [0.05, 0.1) is 41.0 Å². The Morgan fingerprint density at radius 1 is 1.05 bits per heavy atom. The van der Waals surface area contributed by atoms with Gasteiger partial charge in [-0.15, -0.1) is 0 Å². The number of fused-ring (bicyclic) bond motifs is 1. The highest BCUT2D eigenvalue weighted by Gasteiger charge is 2.39. The summed E-state index contributed by atoms with van der Waals surface area (Å²) in [6.07, 6.45) is 0.812. The van der Waals surface area contributed by atoms with Crippen LogP contribution in [0.1, 0.15) is 37.0 Å². The largest absolute Gasteiger partial charge is 0.497 e. The molecule has 1 unspecified atom stereocenters. The number of benzene rings is 2. The van der Waals surface area contributed by atoms with Crippen LogP contribution >= 0.6 is 11.3 Å². The first kappa shape index (κ1) is 28.5. The average molecular weight is 576 g/mol. The average Bonchev–Trinajstić information content (AvgIpc) is 3.55. The highest BCUT2D eigenvalue weighted by Crippen LogP contribution is 2.28. The van der Waals surface area contributed by atoms with E-state index in [1.807, 2.05) is 0 Å². The first-order valence-corrected chi connectivity index (χ1v) is 14.7. The molecule has 39 heavy (non-hydrogen) atoms. The summed E-state index contributed by atoms with van der Waals surface area (Å²) in [4.78, 5) is 42.5. The number of sulfonamides is 1. The zero-order valence-corrected chi connectivity index (χ0v) is 23.4. The number of carbonyl (C=O) groups excluding carboxylic acids is 3. The lowest BCUT2D eigenvalue weighted by molar-refractivity contribution is -0.143. The van der Waals surface area contributed by atoms with Crippen molar-refractivity contribution in [2.75, 3.05) is 26.9 Å². The summed E-state index contributed by atoms with van der Waals surface area (Å²) in [7, 11) is -2.48. The molecule has 4 rings (SSSR count). The van der Waals surface area contributed by atoms with E-state index in [-0.39, 0.29) is 36.0 Å². The van der Waals surface area contributed by atoms with Gasteiger partial charge in [-0.3, -0.25) is 9.59 Å². The highest BCUT2D eigenvalue weighted by molar-refractivity contribution is 7.89. The van der Waals surface area contributed by atoms with Crippen molar-refractivity contribution in [3.63, 3.8) is 0 Å². The summed E-state index contributed by atoms with van der Waals surface area (Å²) in [6, 6.07) is 9.80. The fourth-order valence-electron chi connectivity index (χ4n) is 4.31. The minimum atomic E-state index is -3.96. The minimum absolute atomic E-state index is 0.0498. The van der Waals surface area contributed by atoms with Crippen LogP contribution in [0.2, 0.25) is 0 Å². The number of ether oxygens (including phenoxy) is 3. The maximum Gasteiger partial charge on any atom is 0.338 e. The lowest BCUT2D eigenvalue weighted by Gasteiger charge is -2.21. The molecule has 0 spiro atoms. The fourth-order valence-corrected chi connectivity index (χ4v) is 7.04. The Morgan fingerprint density at radius 3 is 2.44 bits per heavy atom. The molecule has 1 amide bonds. The van der Waals surface area contributed by atoms with Gasteiger partial charge in [-0.05, 0) is 69.2 Å². The molecule has 0 aliphatic carbocycles. The van der Waals surface area contributed by atoms with E-state index in [1.165, 1.54) is 28.1 Å². The molecule has 1 saturated heterocycles. The third-order valence-corrected chi connectivity index (χ3v) is 9.11. The molecule has 3 aromatic rings. The predicted octanol–water partition coefficient (Wildman–Crippen LogP) is 2.73. The number of carbonyl (C=O) groups is 3. The van der Waals surface area contributed by atoms with E-state index in [4.69, 9.17) is 14.2 Å². The van der Waals surface area contributed by atoms with E-state index in [0.717, 1.165) is 11.3 Å². The molecule has 208 valence electrons. The predicted molar refractivity (Wildman–Crippen MR) is 143 cm³/mol. The summed E-state index contributed by atoms with van der Waals surface area (Å²) in [6.45, 7) is 3.76. The summed E-state index contributed by atoms with van der Waals surface area (Å²) in [5.41, 5.74) is 0.890. The van der Waals surface area contributed by atoms with Crippen molar-refractivity contribution in [3.8, 4) is 5.75 Å². The van der Waals surface area contributed by atoms with Gasteiger partial charge in [0.15, 0.2) is 4.80 Å². The van der Waals surface area contributed by atoms with Crippen LogP contribution in [0.5, 0.6) is 5.75 Å². The number of esters is 2. The zero-order chi connectivity index (χ0) is 28.2. The van der Waals surface area contributed by atoms with Gasteiger partial charge < -0.3 is 18.8 Å². The second-order valence-electron chi connectivity index (χ2n) is 8.58. The first-order chi connectivity index (χ1) is 18.7. The Hall–Kier alpha value is -3.55. The number of thiazole rings is 1. The Morgan fingerprint density at radius 2 is 1.77 bits per heavy atom. The second-order valence-corrected chi connectivity index (χ2v) is 11.5. The molecular formula is C26H29N3O8S2. The molecule has 0 N–H and O–H groups in total. The van der Waals surface area contributed by atoms with Gasteiger partial charge in [-0.2, -0.15) is 9.30 Å². The minimum Gasteiger partial charge on any atom is -0.497 e. The summed E-state index contributed by atoms with van der Waals surface area (Å²) >= 11 is 1.11. The Balaban J connectivity index is 1.72. The number of hydrogen-bond donors (Lipinski definition) is 0. The van der Waals surface area contributed by atoms with Gasteiger partial charge in [-0.25, -0.2) is 13.2 Å². The van der Waals surface area contributed by atoms with Crippen LogP contribution < -0.4 is 9.54 Å². The van der Waals surface area contributed by atoms with Crippen LogP contribution in [-0.4, -0.2) is 68.0 Å². The maximum absolute atomic E-state index is 13.4. The summed E-state index contributed by atoms with van der Waals surface area (Å²) < 4.78 is 45.3. The molecule has 1 aliphatic rings. The molecule has 2 aromatic carbocycles. The Bertz CT molecular complexity index is 1560. The summed E-state index contributed by atoms with van der Waals surface area (Å²) in [5.74, 6) is -1.14. The highest BCUT2D eigenvalue weighted by atomic mass is 32.2. The molecule has 0 radical (unpaired) electrons. The standard InChI is InChI=1S/C26H29N3O8S2/c1-4-36-23(30)16-28-20-13-8-17(25(32)37-5-2)15-22(20)38-26(28)27-24(31)21-7-6-14-29(21)39(33,34)19-11-9-18(35-3)10-12-19/h8-13,15,21H,4-7,14,16H2,1-3H3. The van der Waals surface area contributed by atoms with E-state index < -0.39 is 33.9 Å². The van der Waals surface area contributed by atoms with Crippen LogP contribution in [0.15, 0.2) is 52.4 Å². The van der Waals surface area contributed by atoms with Crippen molar-refractivity contribution in [2.45, 2.75) is 44.2 Å². The van der Waals surface area contributed by atoms with Crippen molar-refractivity contribution in [2.24, 2.45) is 4.99 Å². The van der Waals surface area contributed by atoms with Crippen LogP contribution in [0.3, 0.4) is 0 Å². The smallest absolute Gasteiger partial charge is 0.338 e. The van der Waals surface area contributed by atoms with E-state index in [2.05, 4.69) is 4.99 Å². The van der Waals surface area contributed by atoms with Crippen LogP contribution in [0.4, 0.5) is 0 Å². The van der Waals surface area contributed by atoms with Gasteiger partial charge >= 0.3 is 11.9 Å². The van der Waals surface area contributed by atoms with Gasteiger partial charge in [0, 0.05) is 6.54 Å². The normalized spacial score (nSPS) is 16.4. The molecule has 1 aromatic heterocycles. The Labute approximate surface area is 229 Å². The van der Waals surface area contributed by atoms with Crippen molar-refractivity contribution >= 4 is 49.4 Å². The molecule has 1 aliphatic heterocycles. The topological polar surface area (TPSA) is 134 Å². The number of hydrogen-bond acceptors (Lipinski definition) is 9. The molecular weight excluding hydrogens is 546 g/mol. The maximum atomic E-state index is 13.4. The van der Waals surface area contributed by atoms with Gasteiger partial charge in [0.25, 0.3) is 5.91 Å². The molecule has 13 heteroatoms. The number of aromatic nitrogens is 1. The number of methoxy groups -OCH3 is 1. The lowest BCUT2D eigenvalue weighted by atomic mass is 10.2. The van der Waals surface area contributed by atoms with E-state index in [1.54, 1.807) is 44.2 Å². The SMILES string of the molecule is CCOC(=O)Cn1c(=NC(=O)C2CCCN2S(=O)(=O)c2ccc(OC)cc2)sc2cc(C(=O)OCC)ccc21.